The molecule has 2 heterocycles. The smallest absolute Gasteiger partial charge is 0.276 e. The summed E-state index contributed by atoms with van der Waals surface area (Å²) in [5, 5.41) is 6.94. The van der Waals surface area contributed by atoms with E-state index >= 15 is 0 Å². The van der Waals surface area contributed by atoms with Gasteiger partial charge in [0.2, 0.25) is 0 Å². The predicted molar refractivity (Wildman–Crippen MR) is 70.4 cm³/mol. The molecule has 6 nitrogen and oxygen atoms in total. The highest BCUT2D eigenvalue weighted by atomic mass is 16.2. The first kappa shape index (κ1) is 12.9. The Hall–Kier alpha value is -1.56. The van der Waals surface area contributed by atoms with Gasteiger partial charge in [0.05, 0.1) is 11.4 Å². The van der Waals surface area contributed by atoms with Crippen molar-refractivity contribution in [3.63, 3.8) is 0 Å². The van der Waals surface area contributed by atoms with Crippen LogP contribution in [0.5, 0.6) is 0 Å². The number of H-pyrrole nitrogens is 1. The third kappa shape index (κ3) is 2.48. The van der Waals surface area contributed by atoms with Gasteiger partial charge in [-0.2, -0.15) is 5.10 Å². The van der Waals surface area contributed by atoms with E-state index in [1.54, 1.807) is 0 Å². The highest BCUT2D eigenvalue weighted by molar-refractivity contribution is 5.97. The Bertz CT molecular complexity index is 420. The van der Waals surface area contributed by atoms with Crippen molar-refractivity contribution < 1.29 is 4.79 Å². The van der Waals surface area contributed by atoms with Gasteiger partial charge in [0.15, 0.2) is 5.69 Å². The van der Waals surface area contributed by atoms with Crippen molar-refractivity contribution in [1.29, 1.82) is 0 Å². The molecule has 0 atom stereocenters. The molecule has 18 heavy (non-hydrogen) atoms. The normalized spacial score (nSPS) is 17.1. The second-order valence-corrected chi connectivity index (χ2v) is 4.81. The van der Waals surface area contributed by atoms with Crippen molar-refractivity contribution in [1.82, 2.24) is 20.0 Å². The average molecular weight is 251 g/mol. The Morgan fingerprint density at radius 3 is 2.67 bits per heavy atom. The third-order valence-corrected chi connectivity index (χ3v) is 3.38. The predicted octanol–water partition coefficient (Wildman–Crippen LogP) is 0.332. The van der Waals surface area contributed by atoms with Crippen LogP contribution >= 0.6 is 0 Å². The Balaban J connectivity index is 2.09. The van der Waals surface area contributed by atoms with Gasteiger partial charge in [-0.1, -0.05) is 13.3 Å². The molecular weight excluding hydrogens is 230 g/mol. The quantitative estimate of drug-likeness (QED) is 0.811. The van der Waals surface area contributed by atoms with Gasteiger partial charge in [-0.05, 0) is 13.5 Å². The minimum absolute atomic E-state index is 0.0563. The summed E-state index contributed by atoms with van der Waals surface area (Å²) in [5.74, 6) is -0.0563. The second kappa shape index (κ2) is 5.39. The molecule has 1 fully saturated rings. The lowest BCUT2D eigenvalue weighted by Crippen LogP contribution is -2.47. The maximum Gasteiger partial charge on any atom is 0.276 e. The van der Waals surface area contributed by atoms with E-state index in [1.165, 1.54) is 0 Å². The number of nitrogens with one attached hydrogen (secondary N) is 1. The molecule has 0 radical (unpaired) electrons. The fraction of sp³-hybridized carbons (Fsp3) is 0.667. The molecule has 1 aliphatic rings. The summed E-state index contributed by atoms with van der Waals surface area (Å²) in [6.07, 6.45) is 1.81. The van der Waals surface area contributed by atoms with E-state index in [0.717, 1.165) is 44.7 Å². The maximum absolute atomic E-state index is 12.3. The van der Waals surface area contributed by atoms with Crippen LogP contribution in [0, 0.1) is 0 Å². The van der Waals surface area contributed by atoms with Crippen LogP contribution < -0.4 is 5.73 Å². The molecule has 0 spiro atoms. The molecule has 0 aromatic carbocycles. The van der Waals surface area contributed by atoms with Crippen molar-refractivity contribution in [2.45, 2.75) is 19.8 Å². The molecular formula is C12H21N5O. The molecule has 0 bridgehead atoms. The van der Waals surface area contributed by atoms with Crippen molar-refractivity contribution >= 4 is 11.6 Å². The Kier molecular flexibility index (Phi) is 3.86. The van der Waals surface area contributed by atoms with Gasteiger partial charge in [0.25, 0.3) is 5.91 Å². The first-order valence-corrected chi connectivity index (χ1v) is 6.44. The lowest BCUT2D eigenvalue weighted by molar-refractivity contribution is 0.0659. The van der Waals surface area contributed by atoms with Crippen molar-refractivity contribution in [2.75, 3.05) is 39.0 Å². The number of hydrogen-bond donors (Lipinski definition) is 2. The fourth-order valence-electron chi connectivity index (χ4n) is 2.15. The molecule has 0 unspecified atom stereocenters. The summed E-state index contributed by atoms with van der Waals surface area (Å²) in [6, 6.07) is 0. The van der Waals surface area contributed by atoms with Gasteiger partial charge in [-0.3, -0.25) is 9.89 Å². The molecule has 100 valence electrons. The molecule has 0 saturated carbocycles. The molecule has 1 saturated heterocycles. The van der Waals surface area contributed by atoms with Crippen molar-refractivity contribution in [3.8, 4) is 0 Å². The minimum Gasteiger partial charge on any atom is -0.395 e. The number of nitrogens with zero attached hydrogens (tertiary/aromatic N) is 3. The Labute approximate surface area is 107 Å². The minimum atomic E-state index is -0.0563. The standard InChI is InChI=1S/C12H21N5O/c1-3-4-9-10(13)11(15-14-9)12(18)17-7-5-16(2)6-8-17/h3-8,13H2,1-2H3,(H,14,15). The fourth-order valence-corrected chi connectivity index (χ4v) is 2.15. The van der Waals surface area contributed by atoms with E-state index in [9.17, 15) is 4.79 Å². The van der Waals surface area contributed by atoms with Crippen LogP contribution in [0.4, 0.5) is 5.69 Å². The van der Waals surface area contributed by atoms with Gasteiger partial charge in [-0.15, -0.1) is 0 Å². The summed E-state index contributed by atoms with van der Waals surface area (Å²) in [6.45, 7) is 5.35. The zero-order valence-electron chi connectivity index (χ0n) is 11.1. The van der Waals surface area contributed by atoms with Crippen LogP contribution in [0.15, 0.2) is 0 Å². The van der Waals surface area contributed by atoms with E-state index in [1.807, 2.05) is 4.90 Å². The zero-order chi connectivity index (χ0) is 13.1. The maximum atomic E-state index is 12.3. The molecule has 1 amide bonds. The Morgan fingerprint density at radius 2 is 2.06 bits per heavy atom. The largest absolute Gasteiger partial charge is 0.395 e. The van der Waals surface area contributed by atoms with Crippen LogP contribution in [0.2, 0.25) is 0 Å². The van der Waals surface area contributed by atoms with E-state index in [4.69, 9.17) is 5.73 Å². The number of rotatable bonds is 3. The summed E-state index contributed by atoms with van der Waals surface area (Å²) < 4.78 is 0. The van der Waals surface area contributed by atoms with Gasteiger partial charge in [0, 0.05) is 26.2 Å². The number of aryl methyl sites for hydroxylation is 1. The number of aromatic nitrogens is 2. The number of likely N-dealkylation sites (N-methyl/N-ethyl adjacent to an activating group) is 1. The lowest BCUT2D eigenvalue weighted by Gasteiger charge is -2.32. The highest BCUT2D eigenvalue weighted by Gasteiger charge is 2.25. The molecule has 1 aromatic heterocycles. The van der Waals surface area contributed by atoms with Gasteiger partial charge >= 0.3 is 0 Å². The first-order valence-electron chi connectivity index (χ1n) is 6.44. The van der Waals surface area contributed by atoms with Gasteiger partial charge in [0.1, 0.15) is 0 Å². The molecule has 1 aliphatic heterocycles. The molecule has 3 N–H and O–H groups in total. The number of nitrogens with two attached hydrogens (primary N) is 1. The lowest BCUT2D eigenvalue weighted by atomic mass is 10.2. The van der Waals surface area contributed by atoms with Gasteiger partial charge in [-0.25, -0.2) is 0 Å². The van der Waals surface area contributed by atoms with E-state index in [0.29, 0.717) is 11.4 Å². The molecule has 1 aromatic rings. The van der Waals surface area contributed by atoms with Crippen LogP contribution in [0.1, 0.15) is 29.5 Å². The first-order chi connectivity index (χ1) is 8.63. The number of anilines is 1. The summed E-state index contributed by atoms with van der Waals surface area (Å²) in [4.78, 5) is 16.3. The number of nitrogen functional groups attached to an aromatic ring is 1. The van der Waals surface area contributed by atoms with E-state index in [2.05, 4.69) is 29.1 Å². The number of hydrogen-bond acceptors (Lipinski definition) is 4. The molecule has 2 rings (SSSR count). The topological polar surface area (TPSA) is 78.2 Å². The number of carbonyl (C=O) groups is 1. The highest BCUT2D eigenvalue weighted by Crippen LogP contribution is 2.18. The summed E-state index contributed by atoms with van der Waals surface area (Å²) in [5.41, 5.74) is 7.74. The number of piperazine rings is 1. The van der Waals surface area contributed by atoms with Gasteiger partial charge < -0.3 is 15.5 Å². The summed E-state index contributed by atoms with van der Waals surface area (Å²) in [7, 11) is 2.06. The summed E-state index contributed by atoms with van der Waals surface area (Å²) >= 11 is 0. The SMILES string of the molecule is CCCc1[nH]nc(C(=O)N2CCN(C)CC2)c1N. The monoisotopic (exact) mass is 251 g/mol. The van der Waals surface area contributed by atoms with E-state index < -0.39 is 0 Å². The third-order valence-electron chi connectivity index (χ3n) is 3.38. The Morgan fingerprint density at radius 1 is 1.39 bits per heavy atom. The average Bonchev–Trinajstić information content (AvgIpc) is 2.72. The molecule has 6 heteroatoms. The molecule has 0 aliphatic carbocycles. The zero-order valence-corrected chi connectivity index (χ0v) is 11.1. The number of aromatic amines is 1. The van der Waals surface area contributed by atoms with E-state index in [-0.39, 0.29) is 5.91 Å². The number of carbonyl (C=O) groups excluding carboxylic acids is 1. The van der Waals surface area contributed by atoms with Crippen LogP contribution in [-0.4, -0.2) is 59.1 Å². The van der Waals surface area contributed by atoms with Crippen molar-refractivity contribution in [2.24, 2.45) is 0 Å². The second-order valence-electron chi connectivity index (χ2n) is 4.81. The number of amides is 1. The van der Waals surface area contributed by atoms with Crippen LogP contribution in [0.3, 0.4) is 0 Å². The van der Waals surface area contributed by atoms with Crippen LogP contribution in [0.25, 0.3) is 0 Å². The van der Waals surface area contributed by atoms with Crippen LogP contribution in [-0.2, 0) is 6.42 Å². The van der Waals surface area contributed by atoms with Crippen molar-refractivity contribution in [3.05, 3.63) is 11.4 Å².